The zero-order valence-corrected chi connectivity index (χ0v) is 14.5. The Morgan fingerprint density at radius 3 is 2.72 bits per heavy atom. The predicted octanol–water partition coefficient (Wildman–Crippen LogP) is 3.48. The molecule has 4 heterocycles. The van der Waals surface area contributed by atoms with Crippen LogP contribution in [-0.4, -0.2) is 39.2 Å². The number of aliphatic hydroxyl groups excluding tert-OH is 1. The lowest BCUT2D eigenvalue weighted by atomic mass is 9.63. The summed E-state index contributed by atoms with van der Waals surface area (Å²) in [5, 5.41) is 21.9. The van der Waals surface area contributed by atoms with Crippen LogP contribution in [0.15, 0.2) is 30.5 Å². The highest BCUT2D eigenvalue weighted by atomic mass is 16.3. The van der Waals surface area contributed by atoms with Crippen molar-refractivity contribution in [2.75, 3.05) is 13.1 Å². The monoisotopic (exact) mass is 338 g/mol. The molecule has 1 saturated carbocycles. The minimum Gasteiger partial charge on any atom is -0.508 e. The van der Waals surface area contributed by atoms with Gasteiger partial charge in [-0.15, -0.1) is 0 Å². The Hall–Kier alpha value is -1.65. The highest BCUT2D eigenvalue weighted by molar-refractivity contribution is 5.83. The minimum absolute atomic E-state index is 0.197. The van der Waals surface area contributed by atoms with E-state index in [1.807, 2.05) is 12.1 Å². The van der Waals surface area contributed by atoms with Gasteiger partial charge in [0.15, 0.2) is 0 Å². The Kier molecular flexibility index (Phi) is 3.72. The van der Waals surface area contributed by atoms with Gasteiger partial charge in [-0.25, -0.2) is 0 Å². The molecule has 0 spiro atoms. The van der Waals surface area contributed by atoms with Crippen LogP contribution in [0.25, 0.3) is 10.9 Å². The second-order valence-corrected chi connectivity index (χ2v) is 8.25. The summed E-state index contributed by atoms with van der Waals surface area (Å²) in [7, 11) is 0. The molecule has 4 heteroatoms. The van der Waals surface area contributed by atoms with Crippen LogP contribution < -0.4 is 0 Å². The zero-order valence-electron chi connectivity index (χ0n) is 14.5. The fourth-order valence-corrected chi connectivity index (χ4v) is 5.46. The number of hydrogen-bond donors (Lipinski definition) is 2. The van der Waals surface area contributed by atoms with Crippen molar-refractivity contribution in [1.82, 2.24) is 9.88 Å². The molecule has 1 aliphatic carbocycles. The summed E-state index contributed by atoms with van der Waals surface area (Å²) in [4.78, 5) is 6.91. The van der Waals surface area contributed by atoms with E-state index in [0.29, 0.717) is 0 Å². The third-order valence-electron chi connectivity index (χ3n) is 7.05. The van der Waals surface area contributed by atoms with E-state index in [4.69, 9.17) is 0 Å². The van der Waals surface area contributed by atoms with Crippen LogP contribution in [0, 0.1) is 17.8 Å². The number of benzene rings is 1. The molecule has 0 radical (unpaired) electrons. The van der Waals surface area contributed by atoms with E-state index in [2.05, 4.69) is 9.88 Å². The van der Waals surface area contributed by atoms with E-state index in [-0.39, 0.29) is 11.8 Å². The third kappa shape index (κ3) is 2.54. The van der Waals surface area contributed by atoms with Gasteiger partial charge in [0, 0.05) is 24.2 Å². The van der Waals surface area contributed by atoms with Crippen LogP contribution in [0.4, 0.5) is 0 Å². The molecule has 4 nitrogen and oxygen atoms in total. The second kappa shape index (κ2) is 5.96. The first-order valence-electron chi connectivity index (χ1n) is 9.70. The van der Waals surface area contributed by atoms with Crippen molar-refractivity contribution in [3.63, 3.8) is 0 Å². The highest BCUT2D eigenvalue weighted by Gasteiger charge is 2.46. The Labute approximate surface area is 148 Å². The molecule has 1 aromatic carbocycles. The van der Waals surface area contributed by atoms with Gasteiger partial charge in [-0.1, -0.05) is 19.3 Å². The van der Waals surface area contributed by atoms with E-state index in [0.717, 1.165) is 53.7 Å². The maximum atomic E-state index is 11.2. The van der Waals surface area contributed by atoms with E-state index in [1.54, 1.807) is 18.3 Å². The van der Waals surface area contributed by atoms with Crippen molar-refractivity contribution in [3.05, 3.63) is 36.0 Å². The van der Waals surface area contributed by atoms with Crippen LogP contribution in [0.2, 0.25) is 0 Å². The number of aromatic nitrogens is 1. The van der Waals surface area contributed by atoms with Gasteiger partial charge in [-0.3, -0.25) is 9.88 Å². The number of pyridine rings is 1. The summed E-state index contributed by atoms with van der Waals surface area (Å²) >= 11 is 0. The molecule has 4 fully saturated rings. The molecule has 5 atom stereocenters. The zero-order chi connectivity index (χ0) is 17.0. The number of aromatic hydroxyl groups is 1. The minimum atomic E-state index is -0.516. The van der Waals surface area contributed by atoms with Crippen LogP contribution in [0.1, 0.15) is 43.8 Å². The number of rotatable bonds is 3. The normalized spacial score (nSPS) is 33.3. The number of phenols is 1. The van der Waals surface area contributed by atoms with Gasteiger partial charge in [0.2, 0.25) is 0 Å². The van der Waals surface area contributed by atoms with Crippen molar-refractivity contribution < 1.29 is 10.2 Å². The fraction of sp³-hybridized carbons (Fsp3) is 0.571. The van der Waals surface area contributed by atoms with Crippen molar-refractivity contribution in [3.8, 4) is 5.75 Å². The van der Waals surface area contributed by atoms with Gasteiger partial charge in [-0.2, -0.15) is 0 Å². The summed E-state index contributed by atoms with van der Waals surface area (Å²) < 4.78 is 0. The quantitative estimate of drug-likeness (QED) is 0.899. The highest BCUT2D eigenvalue weighted by Crippen LogP contribution is 2.48. The van der Waals surface area contributed by atoms with E-state index < -0.39 is 6.10 Å². The topological polar surface area (TPSA) is 56.6 Å². The smallest absolute Gasteiger partial charge is 0.116 e. The Morgan fingerprint density at radius 2 is 2.00 bits per heavy atom. The first kappa shape index (κ1) is 15.6. The van der Waals surface area contributed by atoms with E-state index in [9.17, 15) is 10.2 Å². The second-order valence-electron chi connectivity index (χ2n) is 8.25. The Morgan fingerprint density at radius 1 is 1.12 bits per heavy atom. The Bertz CT molecular complexity index is 789. The molecule has 25 heavy (non-hydrogen) atoms. The maximum Gasteiger partial charge on any atom is 0.116 e. The lowest BCUT2D eigenvalue weighted by Gasteiger charge is -2.54. The lowest BCUT2D eigenvalue weighted by molar-refractivity contribution is -0.0795. The van der Waals surface area contributed by atoms with Gasteiger partial charge in [-0.05, 0) is 67.0 Å². The van der Waals surface area contributed by atoms with E-state index >= 15 is 0 Å². The number of aliphatic hydroxyl groups is 1. The summed E-state index contributed by atoms with van der Waals surface area (Å²) in [5.41, 5.74) is 1.73. The third-order valence-corrected chi connectivity index (χ3v) is 7.05. The number of hydrogen-bond acceptors (Lipinski definition) is 4. The molecule has 3 unspecified atom stereocenters. The molecule has 132 valence electrons. The molecular formula is C21H26N2O2. The average Bonchev–Trinajstić information content (AvgIpc) is 2.59. The van der Waals surface area contributed by atoms with Crippen LogP contribution >= 0.6 is 0 Å². The van der Waals surface area contributed by atoms with Gasteiger partial charge in [0.05, 0.1) is 11.6 Å². The van der Waals surface area contributed by atoms with Crippen LogP contribution in [-0.2, 0) is 0 Å². The van der Waals surface area contributed by atoms with Crippen LogP contribution in [0.5, 0.6) is 5.75 Å². The van der Waals surface area contributed by atoms with Gasteiger partial charge < -0.3 is 10.2 Å². The lowest BCUT2D eigenvalue weighted by Crippen LogP contribution is -2.57. The summed E-state index contributed by atoms with van der Waals surface area (Å²) in [6.07, 6.45) is 7.88. The van der Waals surface area contributed by atoms with E-state index in [1.165, 1.54) is 25.7 Å². The van der Waals surface area contributed by atoms with Crippen molar-refractivity contribution in [2.24, 2.45) is 17.8 Å². The molecule has 3 aliphatic heterocycles. The molecule has 2 bridgehead atoms. The maximum absolute atomic E-state index is 11.2. The number of piperidine rings is 3. The molecule has 6 rings (SSSR count). The number of fused-ring (bicyclic) bond motifs is 4. The van der Waals surface area contributed by atoms with Crippen molar-refractivity contribution in [2.45, 2.75) is 44.2 Å². The molecule has 3 saturated heterocycles. The van der Waals surface area contributed by atoms with Gasteiger partial charge >= 0.3 is 0 Å². The molecule has 2 aromatic rings. The van der Waals surface area contributed by atoms with Gasteiger partial charge in [0.1, 0.15) is 5.75 Å². The average molecular weight is 338 g/mol. The largest absolute Gasteiger partial charge is 0.508 e. The summed E-state index contributed by atoms with van der Waals surface area (Å²) in [5.74, 6) is 2.79. The molecule has 1 aromatic heterocycles. The van der Waals surface area contributed by atoms with Gasteiger partial charge in [0.25, 0.3) is 0 Å². The first-order valence-corrected chi connectivity index (χ1v) is 9.70. The van der Waals surface area contributed by atoms with Crippen molar-refractivity contribution in [1.29, 1.82) is 0 Å². The fourth-order valence-electron chi connectivity index (χ4n) is 5.46. The summed E-state index contributed by atoms with van der Waals surface area (Å²) in [6.45, 7) is 2.27. The predicted molar refractivity (Wildman–Crippen MR) is 97.3 cm³/mol. The number of nitrogens with zero attached hydrogens (tertiary/aromatic N) is 2. The molecule has 0 amide bonds. The molecule has 4 aliphatic rings. The van der Waals surface area contributed by atoms with Crippen molar-refractivity contribution >= 4 is 10.9 Å². The summed E-state index contributed by atoms with van der Waals surface area (Å²) in [6, 6.07) is 7.32. The Balaban J connectivity index is 1.44. The number of phenolic OH excluding ortho intramolecular Hbond substituents is 1. The first-order chi connectivity index (χ1) is 12.2. The molecular weight excluding hydrogens is 312 g/mol. The molecule has 2 N–H and O–H groups in total. The van der Waals surface area contributed by atoms with Crippen LogP contribution in [0.3, 0.4) is 0 Å². The SMILES string of the molecule is Oc1ccc2nccc([C@H](O)[C@H]3CC4CCN3CC4C3CCC3)c2c1. The standard InChI is InChI=1S/C21H26N2O2/c24-15-4-5-19-17(11-15)16(6-8-22-19)21(25)20-10-14-7-9-23(20)12-18(14)13-2-1-3-13/h4-6,8,11,13-14,18,20-21,24-25H,1-3,7,9-10,12H2/t14?,18?,20-,21+/m1/s1.